The van der Waals surface area contributed by atoms with E-state index < -0.39 is 0 Å². The zero-order chi connectivity index (χ0) is 16.8. The minimum Gasteiger partial charge on any atom is -0.469 e. The van der Waals surface area contributed by atoms with Crippen LogP contribution in [0.3, 0.4) is 0 Å². The molecule has 0 spiro atoms. The number of benzene rings is 1. The van der Waals surface area contributed by atoms with Crippen LogP contribution in [0.25, 0.3) is 10.9 Å². The summed E-state index contributed by atoms with van der Waals surface area (Å²) in [5.41, 5.74) is 0.451. The molecule has 2 aromatic rings. The van der Waals surface area contributed by atoms with Gasteiger partial charge in [0, 0.05) is 25.4 Å². The fourth-order valence-corrected chi connectivity index (χ4v) is 2.22. The maximum atomic E-state index is 12.3. The van der Waals surface area contributed by atoms with Gasteiger partial charge in [0.2, 0.25) is 11.3 Å². The lowest BCUT2D eigenvalue weighted by Crippen LogP contribution is -2.32. The van der Waals surface area contributed by atoms with Crippen molar-refractivity contribution in [2.45, 2.75) is 19.4 Å². The van der Waals surface area contributed by atoms with Gasteiger partial charge < -0.3 is 9.64 Å². The highest BCUT2D eigenvalue weighted by molar-refractivity contribution is 5.81. The van der Waals surface area contributed by atoms with Gasteiger partial charge >= 0.3 is 5.97 Å². The molecule has 0 unspecified atom stereocenters. The standard InChI is InChI=1S/C16H19N3O4/c1-18(9-5-8-16(22)23-2)15(21)11-19-13-7-4-3-6-12(13)14(20)10-17-19/h3-4,6-7,10H,5,8-9,11H2,1-2H3. The molecule has 0 N–H and O–H groups in total. The van der Waals surface area contributed by atoms with E-state index in [1.165, 1.54) is 22.9 Å². The molecule has 0 aliphatic rings. The minimum atomic E-state index is -0.293. The van der Waals surface area contributed by atoms with Crippen LogP contribution in [0.15, 0.2) is 35.3 Å². The lowest BCUT2D eigenvalue weighted by atomic mass is 10.2. The second-order valence-corrected chi connectivity index (χ2v) is 5.18. The number of carbonyl (C=O) groups excluding carboxylic acids is 2. The van der Waals surface area contributed by atoms with Crippen molar-refractivity contribution in [1.82, 2.24) is 14.7 Å². The van der Waals surface area contributed by atoms with Crippen LogP contribution in [-0.4, -0.2) is 47.3 Å². The number of hydrogen-bond acceptors (Lipinski definition) is 5. The number of amides is 1. The Hall–Kier alpha value is -2.70. The van der Waals surface area contributed by atoms with Crippen LogP contribution in [0.1, 0.15) is 12.8 Å². The molecule has 2 rings (SSSR count). The number of methoxy groups -OCH3 is 1. The Labute approximate surface area is 133 Å². The minimum absolute atomic E-state index is 0.0372. The lowest BCUT2D eigenvalue weighted by molar-refractivity contribution is -0.141. The Morgan fingerprint density at radius 1 is 1.30 bits per heavy atom. The Morgan fingerprint density at radius 3 is 2.78 bits per heavy atom. The third kappa shape index (κ3) is 4.15. The van der Waals surface area contributed by atoms with Crippen LogP contribution in [-0.2, 0) is 20.9 Å². The van der Waals surface area contributed by atoms with E-state index in [9.17, 15) is 14.4 Å². The summed E-state index contributed by atoms with van der Waals surface area (Å²) in [4.78, 5) is 36.6. The van der Waals surface area contributed by atoms with Gasteiger partial charge in [-0.25, -0.2) is 0 Å². The zero-order valence-electron chi connectivity index (χ0n) is 13.2. The fraction of sp³-hybridized carbons (Fsp3) is 0.375. The zero-order valence-corrected chi connectivity index (χ0v) is 13.2. The molecule has 1 amide bonds. The molecule has 0 bridgehead atoms. The first kappa shape index (κ1) is 16.7. The van der Waals surface area contributed by atoms with Crippen LogP contribution in [0.5, 0.6) is 0 Å². The first-order valence-electron chi connectivity index (χ1n) is 7.28. The summed E-state index contributed by atoms with van der Waals surface area (Å²) in [6.07, 6.45) is 2.02. The van der Waals surface area contributed by atoms with Gasteiger partial charge in [-0.1, -0.05) is 12.1 Å². The highest BCUT2D eigenvalue weighted by Crippen LogP contribution is 2.08. The summed E-state index contributed by atoms with van der Waals surface area (Å²) in [5.74, 6) is -0.435. The van der Waals surface area contributed by atoms with Crippen LogP contribution >= 0.6 is 0 Å². The Balaban J connectivity index is 2.04. The van der Waals surface area contributed by atoms with E-state index in [-0.39, 0.29) is 30.3 Å². The van der Waals surface area contributed by atoms with Gasteiger partial charge in [-0.3, -0.25) is 19.1 Å². The van der Waals surface area contributed by atoms with E-state index >= 15 is 0 Å². The summed E-state index contributed by atoms with van der Waals surface area (Å²) < 4.78 is 6.07. The van der Waals surface area contributed by atoms with Gasteiger partial charge in [0.1, 0.15) is 6.54 Å². The highest BCUT2D eigenvalue weighted by atomic mass is 16.5. The van der Waals surface area contributed by atoms with Crippen molar-refractivity contribution >= 4 is 22.8 Å². The second kappa shape index (κ2) is 7.53. The molecule has 1 heterocycles. The average Bonchev–Trinajstić information content (AvgIpc) is 2.57. The molecule has 0 radical (unpaired) electrons. The smallest absolute Gasteiger partial charge is 0.305 e. The van der Waals surface area contributed by atoms with E-state index in [1.54, 1.807) is 31.3 Å². The normalized spacial score (nSPS) is 10.5. The van der Waals surface area contributed by atoms with E-state index in [0.717, 1.165) is 0 Å². The third-order valence-corrected chi connectivity index (χ3v) is 3.57. The van der Waals surface area contributed by atoms with Crippen molar-refractivity contribution in [2.75, 3.05) is 20.7 Å². The quantitative estimate of drug-likeness (QED) is 0.736. The topological polar surface area (TPSA) is 81.5 Å². The second-order valence-electron chi connectivity index (χ2n) is 5.18. The van der Waals surface area contributed by atoms with Crippen molar-refractivity contribution < 1.29 is 14.3 Å². The number of fused-ring (bicyclic) bond motifs is 1. The maximum Gasteiger partial charge on any atom is 0.305 e. The van der Waals surface area contributed by atoms with E-state index in [4.69, 9.17) is 0 Å². The number of hydrogen-bond donors (Lipinski definition) is 0. The summed E-state index contributed by atoms with van der Waals surface area (Å²) in [6, 6.07) is 7.04. The molecule has 0 aliphatic heterocycles. The third-order valence-electron chi connectivity index (χ3n) is 3.57. The molecular formula is C16H19N3O4. The van der Waals surface area contributed by atoms with Crippen LogP contribution < -0.4 is 5.43 Å². The Morgan fingerprint density at radius 2 is 2.04 bits per heavy atom. The van der Waals surface area contributed by atoms with Crippen molar-refractivity contribution in [3.05, 3.63) is 40.7 Å². The molecular weight excluding hydrogens is 298 g/mol. The van der Waals surface area contributed by atoms with Crippen LogP contribution in [0.4, 0.5) is 0 Å². The molecule has 0 aliphatic carbocycles. The summed E-state index contributed by atoms with van der Waals surface area (Å²) in [7, 11) is 3.01. The summed E-state index contributed by atoms with van der Waals surface area (Å²) in [5, 5.41) is 4.56. The first-order chi connectivity index (χ1) is 11.0. The Kier molecular flexibility index (Phi) is 5.46. The molecule has 0 atom stereocenters. The largest absolute Gasteiger partial charge is 0.469 e. The fourth-order valence-electron chi connectivity index (χ4n) is 2.22. The number of carbonyl (C=O) groups is 2. The summed E-state index contributed by atoms with van der Waals surface area (Å²) in [6.45, 7) is 0.488. The van der Waals surface area contributed by atoms with Crippen molar-refractivity contribution in [3.8, 4) is 0 Å². The van der Waals surface area contributed by atoms with Gasteiger partial charge in [0.25, 0.3) is 0 Å². The number of aromatic nitrogens is 2. The molecule has 0 fully saturated rings. The van der Waals surface area contributed by atoms with Gasteiger partial charge in [0.15, 0.2) is 0 Å². The number of nitrogens with zero attached hydrogens (tertiary/aromatic N) is 3. The molecule has 1 aromatic heterocycles. The SMILES string of the molecule is COC(=O)CCCN(C)C(=O)Cn1ncc(=O)c2ccccc21. The molecule has 1 aromatic carbocycles. The number of rotatable bonds is 6. The number of para-hydroxylation sites is 1. The predicted octanol–water partition coefficient (Wildman–Crippen LogP) is 0.808. The average molecular weight is 317 g/mol. The van der Waals surface area contributed by atoms with E-state index in [1.807, 2.05) is 0 Å². The summed E-state index contributed by atoms with van der Waals surface area (Å²) >= 11 is 0. The molecule has 122 valence electrons. The number of esters is 1. The molecule has 7 heteroatoms. The number of ether oxygens (including phenoxy) is 1. The van der Waals surface area contributed by atoms with Crippen molar-refractivity contribution in [2.24, 2.45) is 0 Å². The van der Waals surface area contributed by atoms with Crippen LogP contribution in [0, 0.1) is 0 Å². The van der Waals surface area contributed by atoms with Gasteiger partial charge in [-0.2, -0.15) is 5.10 Å². The van der Waals surface area contributed by atoms with Crippen LogP contribution in [0.2, 0.25) is 0 Å². The maximum absolute atomic E-state index is 12.3. The van der Waals surface area contributed by atoms with Crippen molar-refractivity contribution in [1.29, 1.82) is 0 Å². The molecule has 0 saturated heterocycles. The van der Waals surface area contributed by atoms with Gasteiger partial charge in [-0.15, -0.1) is 0 Å². The molecule has 23 heavy (non-hydrogen) atoms. The lowest BCUT2D eigenvalue weighted by Gasteiger charge is -2.18. The highest BCUT2D eigenvalue weighted by Gasteiger charge is 2.12. The molecule has 0 saturated carbocycles. The predicted molar refractivity (Wildman–Crippen MR) is 84.9 cm³/mol. The van der Waals surface area contributed by atoms with Crippen molar-refractivity contribution in [3.63, 3.8) is 0 Å². The molecule has 7 nitrogen and oxygen atoms in total. The van der Waals surface area contributed by atoms with E-state index in [0.29, 0.717) is 23.9 Å². The van der Waals surface area contributed by atoms with Gasteiger partial charge in [0.05, 0.1) is 18.8 Å². The van der Waals surface area contributed by atoms with Gasteiger partial charge in [-0.05, 0) is 18.6 Å². The monoisotopic (exact) mass is 317 g/mol. The Bertz CT molecular complexity index is 769. The first-order valence-corrected chi connectivity index (χ1v) is 7.28. The number of likely N-dealkylation sites (N-methyl/N-ethyl adjacent to an activating group) is 1. The van der Waals surface area contributed by atoms with E-state index in [2.05, 4.69) is 9.84 Å².